The average molecular weight is 466 g/mol. The van der Waals surface area contributed by atoms with E-state index in [1.54, 1.807) is 4.57 Å². The first-order chi connectivity index (χ1) is 17.8. The molecule has 0 atom stereocenters. The number of fused-ring (bicyclic) bond motifs is 5. The van der Waals surface area contributed by atoms with Gasteiger partial charge in [-0.2, -0.15) is 0 Å². The van der Waals surface area contributed by atoms with Gasteiger partial charge in [-0.1, -0.05) is 84.9 Å². The van der Waals surface area contributed by atoms with Gasteiger partial charge in [0.05, 0.1) is 27.8 Å². The van der Waals surface area contributed by atoms with Crippen LogP contribution in [0.3, 0.4) is 0 Å². The second-order valence-corrected chi connectivity index (χ2v) is 8.56. The topological polar surface area (TPSA) is 65.1 Å². The summed E-state index contributed by atoms with van der Waals surface area (Å²) in [5, 5.41) is 0. The molecule has 0 aliphatic heterocycles. The van der Waals surface area contributed by atoms with Crippen LogP contribution in [0.2, 0.25) is 0 Å². The van der Waals surface area contributed by atoms with Crippen molar-refractivity contribution in [3.8, 4) is 28.5 Å². The van der Waals surface area contributed by atoms with Crippen molar-refractivity contribution in [1.82, 2.24) is 23.9 Å². The number of rotatable bonds is 3. The Labute approximate surface area is 205 Å². The van der Waals surface area contributed by atoms with Gasteiger partial charge in [-0.15, -0.1) is 0 Å². The molecule has 170 valence electrons. The van der Waals surface area contributed by atoms with Gasteiger partial charge in [0.25, 0.3) is 0 Å². The SMILES string of the molecule is O=c1c2nc3ccccc3n2c2ccccc2n1-c1cc(-c2ccccc2)nc(-c2ccccc2)n1. The van der Waals surface area contributed by atoms with Gasteiger partial charge in [0, 0.05) is 17.2 Å². The Morgan fingerprint density at radius 3 is 1.92 bits per heavy atom. The quantitative estimate of drug-likeness (QED) is 0.325. The first-order valence-electron chi connectivity index (χ1n) is 11.7. The van der Waals surface area contributed by atoms with Gasteiger partial charge in [0.2, 0.25) is 5.65 Å². The normalized spacial score (nSPS) is 11.4. The van der Waals surface area contributed by atoms with Crippen molar-refractivity contribution in [2.75, 3.05) is 0 Å². The zero-order valence-corrected chi connectivity index (χ0v) is 19.1. The fourth-order valence-electron chi connectivity index (χ4n) is 4.71. The molecule has 0 radical (unpaired) electrons. The Bertz CT molecular complexity index is 1900. The highest BCUT2D eigenvalue weighted by molar-refractivity contribution is 5.89. The maximum Gasteiger partial charge on any atom is 0.300 e. The summed E-state index contributed by atoms with van der Waals surface area (Å²) >= 11 is 0. The summed E-state index contributed by atoms with van der Waals surface area (Å²) < 4.78 is 3.58. The number of hydrogen-bond acceptors (Lipinski definition) is 4. The Kier molecular flexibility index (Phi) is 4.50. The standard InChI is InChI=1S/C30H19N5O/c36-30-29-32-22-15-7-8-16-24(22)34(29)25-17-9-10-18-26(25)35(30)27-19-23(20-11-3-1-4-12-20)31-28(33-27)21-13-5-2-6-14-21/h1-19H. The van der Waals surface area contributed by atoms with E-state index in [0.29, 0.717) is 17.3 Å². The van der Waals surface area contributed by atoms with Crippen molar-refractivity contribution in [3.05, 3.63) is 126 Å². The van der Waals surface area contributed by atoms with Crippen LogP contribution in [0.5, 0.6) is 0 Å². The monoisotopic (exact) mass is 465 g/mol. The number of benzene rings is 4. The molecule has 6 nitrogen and oxygen atoms in total. The maximum atomic E-state index is 14.0. The number of nitrogens with zero attached hydrogens (tertiary/aromatic N) is 5. The molecule has 0 fully saturated rings. The minimum atomic E-state index is -0.235. The molecule has 6 heteroatoms. The van der Waals surface area contributed by atoms with Crippen LogP contribution in [0, 0.1) is 0 Å². The lowest BCUT2D eigenvalue weighted by molar-refractivity contribution is 0.959. The summed E-state index contributed by atoms with van der Waals surface area (Å²) in [5.74, 6) is 1.05. The molecular weight excluding hydrogens is 446 g/mol. The van der Waals surface area contributed by atoms with Crippen molar-refractivity contribution in [1.29, 1.82) is 0 Å². The fourth-order valence-corrected chi connectivity index (χ4v) is 4.71. The minimum Gasteiger partial charge on any atom is -0.286 e. The number of para-hydroxylation sites is 4. The summed E-state index contributed by atoms with van der Waals surface area (Å²) in [7, 11) is 0. The van der Waals surface area contributed by atoms with Crippen molar-refractivity contribution < 1.29 is 0 Å². The zero-order valence-electron chi connectivity index (χ0n) is 19.1. The summed E-state index contributed by atoms with van der Waals surface area (Å²) in [6, 6.07) is 37.3. The smallest absolute Gasteiger partial charge is 0.286 e. The number of aromatic nitrogens is 5. The van der Waals surface area contributed by atoms with Crippen LogP contribution in [0.25, 0.3) is 56.2 Å². The first-order valence-corrected chi connectivity index (χ1v) is 11.7. The zero-order chi connectivity index (χ0) is 24.1. The summed E-state index contributed by atoms with van der Waals surface area (Å²) in [4.78, 5) is 28.5. The van der Waals surface area contributed by atoms with Crippen molar-refractivity contribution >= 4 is 27.7 Å². The molecule has 7 aromatic rings. The largest absolute Gasteiger partial charge is 0.300 e. The van der Waals surface area contributed by atoms with E-state index in [4.69, 9.17) is 15.0 Å². The van der Waals surface area contributed by atoms with E-state index in [-0.39, 0.29) is 5.56 Å². The second-order valence-electron chi connectivity index (χ2n) is 8.56. The molecule has 0 amide bonds. The second kappa shape index (κ2) is 7.99. The lowest BCUT2D eigenvalue weighted by Gasteiger charge is -2.14. The third kappa shape index (κ3) is 3.12. The molecule has 0 N–H and O–H groups in total. The van der Waals surface area contributed by atoms with Gasteiger partial charge in [-0.3, -0.25) is 13.8 Å². The van der Waals surface area contributed by atoms with Gasteiger partial charge in [0.15, 0.2) is 5.82 Å². The Morgan fingerprint density at radius 1 is 0.556 bits per heavy atom. The summed E-state index contributed by atoms with van der Waals surface area (Å²) in [5.41, 5.74) is 5.98. The molecule has 36 heavy (non-hydrogen) atoms. The third-order valence-corrected chi connectivity index (χ3v) is 6.36. The van der Waals surface area contributed by atoms with Crippen LogP contribution in [-0.2, 0) is 0 Å². The molecule has 3 aromatic heterocycles. The fraction of sp³-hybridized carbons (Fsp3) is 0. The first kappa shape index (κ1) is 20.3. The van der Waals surface area contributed by atoms with E-state index >= 15 is 0 Å². The van der Waals surface area contributed by atoms with Gasteiger partial charge < -0.3 is 0 Å². The molecule has 0 bridgehead atoms. The van der Waals surface area contributed by atoms with Crippen molar-refractivity contribution in [3.63, 3.8) is 0 Å². The highest BCUT2D eigenvalue weighted by Crippen LogP contribution is 2.27. The van der Waals surface area contributed by atoms with E-state index in [0.717, 1.165) is 38.9 Å². The molecule has 0 saturated heterocycles. The summed E-state index contributed by atoms with van der Waals surface area (Å²) in [6.45, 7) is 0. The van der Waals surface area contributed by atoms with E-state index < -0.39 is 0 Å². The molecular formula is C30H19N5O. The minimum absolute atomic E-state index is 0.235. The molecule has 0 spiro atoms. The van der Waals surface area contributed by atoms with Gasteiger partial charge >= 0.3 is 5.56 Å². The maximum absolute atomic E-state index is 14.0. The van der Waals surface area contributed by atoms with Crippen molar-refractivity contribution in [2.24, 2.45) is 0 Å². The van der Waals surface area contributed by atoms with Gasteiger partial charge in [-0.25, -0.2) is 15.0 Å². The number of hydrogen-bond donors (Lipinski definition) is 0. The van der Waals surface area contributed by atoms with Crippen LogP contribution in [0.4, 0.5) is 0 Å². The van der Waals surface area contributed by atoms with Crippen LogP contribution >= 0.6 is 0 Å². The van der Waals surface area contributed by atoms with Crippen molar-refractivity contribution in [2.45, 2.75) is 0 Å². The highest BCUT2D eigenvalue weighted by atomic mass is 16.1. The van der Waals surface area contributed by atoms with E-state index in [9.17, 15) is 4.79 Å². The van der Waals surface area contributed by atoms with Gasteiger partial charge in [0.1, 0.15) is 5.82 Å². The lowest BCUT2D eigenvalue weighted by Crippen LogP contribution is -2.23. The van der Waals surface area contributed by atoms with Crippen LogP contribution in [0.15, 0.2) is 120 Å². The predicted molar refractivity (Wildman–Crippen MR) is 142 cm³/mol. The molecule has 0 unspecified atom stereocenters. The number of imidazole rings is 1. The molecule has 0 aliphatic carbocycles. The Morgan fingerprint density at radius 2 is 1.17 bits per heavy atom. The molecule has 7 rings (SSSR count). The van der Waals surface area contributed by atoms with Crippen LogP contribution < -0.4 is 5.56 Å². The molecule has 0 saturated carbocycles. The van der Waals surface area contributed by atoms with Crippen LogP contribution in [-0.4, -0.2) is 23.9 Å². The van der Waals surface area contributed by atoms with E-state index in [2.05, 4.69) is 0 Å². The highest BCUT2D eigenvalue weighted by Gasteiger charge is 2.19. The molecule has 3 heterocycles. The average Bonchev–Trinajstić information content (AvgIpc) is 3.34. The summed E-state index contributed by atoms with van der Waals surface area (Å²) in [6.07, 6.45) is 0. The van der Waals surface area contributed by atoms with Gasteiger partial charge in [-0.05, 0) is 24.3 Å². The third-order valence-electron chi connectivity index (χ3n) is 6.36. The lowest BCUT2D eigenvalue weighted by atomic mass is 10.1. The molecule has 4 aromatic carbocycles. The Balaban J connectivity index is 1.61. The Hall–Kier alpha value is -5.10. The molecule has 0 aliphatic rings. The van der Waals surface area contributed by atoms with Crippen LogP contribution in [0.1, 0.15) is 0 Å². The van der Waals surface area contributed by atoms with E-state index in [1.807, 2.05) is 120 Å². The predicted octanol–water partition coefficient (Wildman–Crippen LogP) is 5.92. The van der Waals surface area contributed by atoms with E-state index in [1.165, 1.54) is 0 Å².